The SMILES string of the molecule is N#CC(=CC=Cc1ccccc1)c1ccc2c(c1)OCO2. The van der Waals surface area contributed by atoms with E-state index in [-0.39, 0.29) is 6.79 Å². The maximum Gasteiger partial charge on any atom is 0.231 e. The quantitative estimate of drug-likeness (QED) is 0.627. The first-order valence-electron chi connectivity index (χ1n) is 6.60. The average Bonchev–Trinajstić information content (AvgIpc) is 3.00. The molecule has 21 heavy (non-hydrogen) atoms. The topological polar surface area (TPSA) is 42.2 Å². The van der Waals surface area contributed by atoms with Gasteiger partial charge in [-0.25, -0.2) is 0 Å². The van der Waals surface area contributed by atoms with Crippen LogP contribution in [0.4, 0.5) is 0 Å². The summed E-state index contributed by atoms with van der Waals surface area (Å²) in [5.74, 6) is 1.40. The van der Waals surface area contributed by atoms with Gasteiger partial charge in [0.2, 0.25) is 6.79 Å². The minimum atomic E-state index is 0.234. The highest BCUT2D eigenvalue weighted by atomic mass is 16.7. The summed E-state index contributed by atoms with van der Waals surface area (Å²) in [6.45, 7) is 0.234. The molecule has 0 atom stereocenters. The zero-order valence-corrected chi connectivity index (χ0v) is 11.3. The molecule has 3 nitrogen and oxygen atoms in total. The number of rotatable bonds is 3. The molecule has 1 aliphatic heterocycles. The molecule has 0 amide bonds. The Balaban J connectivity index is 1.83. The van der Waals surface area contributed by atoms with Crippen LogP contribution in [0.5, 0.6) is 11.5 Å². The van der Waals surface area contributed by atoms with E-state index in [2.05, 4.69) is 6.07 Å². The first-order valence-corrected chi connectivity index (χ1v) is 6.60. The number of fused-ring (bicyclic) bond motifs is 1. The van der Waals surface area contributed by atoms with E-state index in [1.54, 1.807) is 6.08 Å². The zero-order valence-electron chi connectivity index (χ0n) is 11.3. The van der Waals surface area contributed by atoms with Crippen LogP contribution in [0, 0.1) is 11.3 Å². The van der Waals surface area contributed by atoms with Crippen LogP contribution in [0.15, 0.2) is 60.7 Å². The van der Waals surface area contributed by atoms with Gasteiger partial charge in [-0.1, -0.05) is 42.5 Å². The first kappa shape index (κ1) is 13.0. The molecule has 102 valence electrons. The average molecular weight is 275 g/mol. The van der Waals surface area contributed by atoms with Gasteiger partial charge in [0.25, 0.3) is 0 Å². The Morgan fingerprint density at radius 3 is 2.67 bits per heavy atom. The van der Waals surface area contributed by atoms with E-state index in [0.29, 0.717) is 11.3 Å². The van der Waals surface area contributed by atoms with Crippen LogP contribution in [0.2, 0.25) is 0 Å². The van der Waals surface area contributed by atoms with Crippen LogP contribution in [0.1, 0.15) is 11.1 Å². The lowest BCUT2D eigenvalue weighted by molar-refractivity contribution is 0.174. The van der Waals surface area contributed by atoms with E-state index >= 15 is 0 Å². The second kappa shape index (κ2) is 5.98. The van der Waals surface area contributed by atoms with Gasteiger partial charge in [-0.2, -0.15) is 5.26 Å². The molecular weight excluding hydrogens is 262 g/mol. The van der Waals surface area contributed by atoms with Crippen molar-refractivity contribution in [3.8, 4) is 17.6 Å². The van der Waals surface area contributed by atoms with Gasteiger partial charge in [0, 0.05) is 0 Å². The maximum absolute atomic E-state index is 9.30. The van der Waals surface area contributed by atoms with Crippen LogP contribution in [-0.2, 0) is 0 Å². The summed E-state index contributed by atoms with van der Waals surface area (Å²) < 4.78 is 10.6. The number of allylic oxidation sites excluding steroid dienone is 3. The van der Waals surface area contributed by atoms with Gasteiger partial charge < -0.3 is 9.47 Å². The minimum absolute atomic E-state index is 0.234. The summed E-state index contributed by atoms with van der Waals surface area (Å²) >= 11 is 0. The molecule has 0 radical (unpaired) electrons. The summed E-state index contributed by atoms with van der Waals surface area (Å²) in [6.07, 6.45) is 5.63. The summed E-state index contributed by atoms with van der Waals surface area (Å²) in [7, 11) is 0. The Kier molecular flexibility index (Phi) is 3.70. The Bertz CT molecular complexity index is 740. The van der Waals surface area contributed by atoms with Crippen LogP contribution in [-0.4, -0.2) is 6.79 Å². The molecular formula is C18H13NO2. The van der Waals surface area contributed by atoms with Crippen molar-refractivity contribution in [2.24, 2.45) is 0 Å². The molecule has 2 aromatic carbocycles. The molecule has 3 rings (SSSR count). The zero-order chi connectivity index (χ0) is 14.5. The van der Waals surface area contributed by atoms with E-state index in [1.807, 2.05) is 60.7 Å². The number of benzene rings is 2. The number of ether oxygens (including phenoxy) is 2. The Morgan fingerprint density at radius 2 is 1.86 bits per heavy atom. The summed E-state index contributed by atoms with van der Waals surface area (Å²) in [4.78, 5) is 0. The molecule has 0 aromatic heterocycles. The lowest BCUT2D eigenvalue weighted by atomic mass is 10.1. The highest BCUT2D eigenvalue weighted by molar-refractivity contribution is 5.79. The van der Waals surface area contributed by atoms with Crippen molar-refractivity contribution in [2.75, 3.05) is 6.79 Å². The Morgan fingerprint density at radius 1 is 1.05 bits per heavy atom. The molecule has 0 saturated heterocycles. The number of nitriles is 1. The predicted molar refractivity (Wildman–Crippen MR) is 81.6 cm³/mol. The van der Waals surface area contributed by atoms with Crippen molar-refractivity contribution in [3.05, 3.63) is 71.8 Å². The fourth-order valence-corrected chi connectivity index (χ4v) is 2.08. The minimum Gasteiger partial charge on any atom is -0.454 e. The third kappa shape index (κ3) is 2.96. The van der Waals surface area contributed by atoms with Crippen molar-refractivity contribution in [2.45, 2.75) is 0 Å². The summed E-state index contributed by atoms with van der Waals surface area (Å²) in [6, 6.07) is 17.7. The number of hydrogen-bond donors (Lipinski definition) is 0. The molecule has 2 aromatic rings. The van der Waals surface area contributed by atoms with Crippen molar-refractivity contribution in [1.82, 2.24) is 0 Å². The van der Waals surface area contributed by atoms with Gasteiger partial charge in [0.15, 0.2) is 11.5 Å². The van der Waals surface area contributed by atoms with Gasteiger partial charge in [0.05, 0.1) is 11.6 Å². The van der Waals surface area contributed by atoms with Crippen LogP contribution >= 0.6 is 0 Å². The third-order valence-corrected chi connectivity index (χ3v) is 3.16. The first-order chi connectivity index (χ1) is 10.4. The standard InChI is InChI=1S/C18H13NO2/c19-12-16(8-4-7-14-5-2-1-3-6-14)15-9-10-17-18(11-15)21-13-20-17/h1-11H,13H2. The molecule has 1 heterocycles. The fourth-order valence-electron chi connectivity index (χ4n) is 2.08. The van der Waals surface area contributed by atoms with Gasteiger partial charge in [0.1, 0.15) is 0 Å². The largest absolute Gasteiger partial charge is 0.454 e. The van der Waals surface area contributed by atoms with Crippen LogP contribution in [0.25, 0.3) is 11.6 Å². The molecule has 3 heteroatoms. The van der Waals surface area contributed by atoms with Gasteiger partial charge >= 0.3 is 0 Å². The molecule has 0 unspecified atom stereocenters. The molecule has 0 fully saturated rings. The Labute approximate surface area is 123 Å². The van der Waals surface area contributed by atoms with Crippen molar-refractivity contribution in [3.63, 3.8) is 0 Å². The summed E-state index contributed by atoms with van der Waals surface area (Å²) in [5, 5.41) is 9.30. The third-order valence-electron chi connectivity index (χ3n) is 3.16. The van der Waals surface area contributed by atoms with Crippen molar-refractivity contribution >= 4 is 11.6 Å². The highest BCUT2D eigenvalue weighted by Crippen LogP contribution is 2.34. The smallest absolute Gasteiger partial charge is 0.231 e. The van der Waals surface area contributed by atoms with Gasteiger partial charge in [-0.3, -0.25) is 0 Å². The number of hydrogen-bond acceptors (Lipinski definition) is 3. The second-order valence-corrected chi connectivity index (χ2v) is 4.53. The molecule has 0 saturated carbocycles. The Hall–Kier alpha value is -2.99. The molecule has 0 spiro atoms. The second-order valence-electron chi connectivity index (χ2n) is 4.53. The highest BCUT2D eigenvalue weighted by Gasteiger charge is 2.14. The van der Waals surface area contributed by atoms with Gasteiger partial charge in [-0.15, -0.1) is 0 Å². The van der Waals surface area contributed by atoms with Crippen molar-refractivity contribution < 1.29 is 9.47 Å². The van der Waals surface area contributed by atoms with E-state index in [4.69, 9.17) is 9.47 Å². The fraction of sp³-hybridized carbons (Fsp3) is 0.0556. The van der Waals surface area contributed by atoms with Gasteiger partial charge in [-0.05, 0) is 35.4 Å². The monoisotopic (exact) mass is 275 g/mol. The predicted octanol–water partition coefficient (Wildman–Crippen LogP) is 4.04. The lowest BCUT2D eigenvalue weighted by Crippen LogP contribution is -1.92. The molecule has 0 bridgehead atoms. The van der Waals surface area contributed by atoms with E-state index in [0.717, 1.165) is 16.9 Å². The normalized spacial score (nSPS) is 13.4. The molecule has 0 N–H and O–H groups in total. The van der Waals surface area contributed by atoms with Crippen LogP contribution in [0.3, 0.4) is 0 Å². The maximum atomic E-state index is 9.30. The molecule has 1 aliphatic rings. The lowest BCUT2D eigenvalue weighted by Gasteiger charge is -2.00. The van der Waals surface area contributed by atoms with E-state index in [9.17, 15) is 5.26 Å². The van der Waals surface area contributed by atoms with E-state index < -0.39 is 0 Å². The summed E-state index contributed by atoms with van der Waals surface area (Å²) in [5.41, 5.74) is 2.50. The van der Waals surface area contributed by atoms with Crippen molar-refractivity contribution in [1.29, 1.82) is 5.26 Å². The van der Waals surface area contributed by atoms with Crippen LogP contribution < -0.4 is 9.47 Å². The molecule has 0 aliphatic carbocycles. The number of nitrogens with zero attached hydrogens (tertiary/aromatic N) is 1. The van der Waals surface area contributed by atoms with E-state index in [1.165, 1.54) is 0 Å².